The van der Waals surface area contributed by atoms with Crippen LogP contribution in [-0.4, -0.2) is 43.2 Å². The van der Waals surface area contributed by atoms with Crippen LogP contribution in [0.25, 0.3) is 0 Å². The molecule has 0 N–H and O–H groups in total. The number of hydrogen-bond donors (Lipinski definition) is 0. The molecule has 1 aromatic rings. The van der Waals surface area contributed by atoms with Crippen LogP contribution < -0.4 is 0 Å². The number of nitrogens with zero attached hydrogens (tertiary/aromatic N) is 1. The van der Waals surface area contributed by atoms with Gasteiger partial charge >= 0.3 is 5.97 Å². The number of esters is 1. The molecule has 4 nitrogen and oxygen atoms in total. The van der Waals surface area contributed by atoms with Gasteiger partial charge in [0.2, 0.25) is 5.76 Å². The molecule has 0 radical (unpaired) electrons. The Bertz CT molecular complexity index is 413. The number of quaternary nitrogens is 1. The molecule has 0 amide bonds. The lowest BCUT2D eigenvalue weighted by atomic mass is 10.2. The van der Waals surface area contributed by atoms with E-state index in [9.17, 15) is 4.79 Å². The zero-order chi connectivity index (χ0) is 14.5. The third-order valence-electron chi connectivity index (χ3n) is 3.68. The van der Waals surface area contributed by atoms with Crippen molar-refractivity contribution in [1.29, 1.82) is 0 Å². The lowest BCUT2D eigenvalue weighted by Gasteiger charge is -2.32. The topological polar surface area (TPSA) is 39.4 Å². The Morgan fingerprint density at radius 1 is 1.42 bits per heavy atom. The van der Waals surface area contributed by atoms with E-state index < -0.39 is 5.97 Å². The fraction of sp³-hybridized carbons (Fsp3) is 0.643. The van der Waals surface area contributed by atoms with Crippen molar-refractivity contribution >= 4 is 21.9 Å². The summed E-state index contributed by atoms with van der Waals surface area (Å²) in [6, 6.07) is 3.29. The first kappa shape index (κ1) is 16.2. The van der Waals surface area contributed by atoms with E-state index in [1.165, 1.54) is 0 Å². The van der Waals surface area contributed by atoms with E-state index >= 15 is 0 Å². The summed E-state index contributed by atoms with van der Waals surface area (Å²) in [5.41, 5.74) is 0. The highest BCUT2D eigenvalue weighted by molar-refractivity contribution is 9.10. The first-order valence-corrected chi connectivity index (χ1v) is 7.49. The van der Waals surface area contributed by atoms with Gasteiger partial charge in [-0.05, 0) is 48.8 Å². The molecule has 1 aromatic heterocycles. The van der Waals surface area contributed by atoms with Gasteiger partial charge in [-0.2, -0.15) is 0 Å². The molecular weight excluding hydrogens is 310 g/mol. The molecule has 0 aliphatic carbocycles. The maximum absolute atomic E-state index is 11.8. The van der Waals surface area contributed by atoms with Crippen molar-refractivity contribution in [1.82, 2.24) is 0 Å². The summed E-state index contributed by atoms with van der Waals surface area (Å²) >= 11 is 3.17. The van der Waals surface area contributed by atoms with Crippen LogP contribution >= 0.6 is 15.9 Å². The first-order valence-electron chi connectivity index (χ1n) is 6.70. The van der Waals surface area contributed by atoms with Crippen molar-refractivity contribution < 1.29 is 18.4 Å². The summed E-state index contributed by atoms with van der Waals surface area (Å²) in [6.45, 7) is 9.46. The third-order valence-corrected chi connectivity index (χ3v) is 4.11. The number of carbonyl (C=O) groups is 1. The second-order valence-corrected chi connectivity index (χ2v) is 5.87. The average molecular weight is 333 g/mol. The number of ether oxygens (including phenoxy) is 1. The molecule has 0 bridgehead atoms. The lowest BCUT2D eigenvalue weighted by Crippen LogP contribution is -2.45. The molecule has 19 heavy (non-hydrogen) atoms. The number of halogens is 1. The fourth-order valence-corrected chi connectivity index (χ4v) is 2.06. The zero-order valence-electron chi connectivity index (χ0n) is 12.1. The Labute approximate surface area is 123 Å². The minimum absolute atomic E-state index is 0.105. The van der Waals surface area contributed by atoms with Crippen molar-refractivity contribution in [2.45, 2.75) is 33.3 Å². The van der Waals surface area contributed by atoms with Crippen LogP contribution in [0.3, 0.4) is 0 Å². The van der Waals surface area contributed by atoms with Crippen molar-refractivity contribution in [3.63, 3.8) is 0 Å². The molecule has 108 valence electrons. The van der Waals surface area contributed by atoms with Crippen molar-refractivity contribution in [3.8, 4) is 0 Å². The number of carbonyl (C=O) groups excluding carboxylic acids is 1. The maximum atomic E-state index is 11.8. The van der Waals surface area contributed by atoms with Gasteiger partial charge in [-0.3, -0.25) is 0 Å². The molecule has 0 unspecified atom stereocenters. The molecule has 0 aromatic carbocycles. The Balaban J connectivity index is 2.43. The fourth-order valence-electron chi connectivity index (χ4n) is 1.76. The third kappa shape index (κ3) is 4.99. The van der Waals surface area contributed by atoms with Crippen LogP contribution in [0.2, 0.25) is 0 Å². The van der Waals surface area contributed by atoms with E-state index in [2.05, 4.69) is 36.8 Å². The van der Waals surface area contributed by atoms with Gasteiger partial charge in [-0.25, -0.2) is 4.79 Å². The second-order valence-electron chi connectivity index (χ2n) is 5.08. The quantitative estimate of drug-likeness (QED) is 0.567. The van der Waals surface area contributed by atoms with E-state index in [4.69, 9.17) is 9.15 Å². The van der Waals surface area contributed by atoms with Crippen molar-refractivity contribution in [3.05, 3.63) is 22.6 Å². The van der Waals surface area contributed by atoms with Crippen molar-refractivity contribution in [2.24, 2.45) is 0 Å². The zero-order valence-corrected chi connectivity index (χ0v) is 13.7. The lowest BCUT2D eigenvalue weighted by molar-refractivity contribution is -0.906. The number of furan rings is 1. The molecule has 0 aliphatic rings. The predicted octanol–water partition coefficient (Wildman–Crippen LogP) is 3.46. The van der Waals surface area contributed by atoms with E-state index in [-0.39, 0.29) is 11.9 Å². The van der Waals surface area contributed by atoms with Gasteiger partial charge in [0.15, 0.2) is 4.67 Å². The molecule has 1 heterocycles. The van der Waals surface area contributed by atoms with E-state index in [1.807, 2.05) is 6.92 Å². The van der Waals surface area contributed by atoms with Crippen LogP contribution in [-0.2, 0) is 4.74 Å². The SMILES string of the molecule is CC[N+](C)(CC)CC[C@@H](C)OC(=O)c1ccc(Br)o1. The number of rotatable bonds is 7. The summed E-state index contributed by atoms with van der Waals surface area (Å²) in [4.78, 5) is 11.8. The first-order chi connectivity index (χ1) is 8.90. The Morgan fingerprint density at radius 2 is 2.05 bits per heavy atom. The average Bonchev–Trinajstić information content (AvgIpc) is 2.83. The highest BCUT2D eigenvalue weighted by atomic mass is 79.9. The van der Waals surface area contributed by atoms with E-state index in [0.29, 0.717) is 4.67 Å². The smallest absolute Gasteiger partial charge is 0.374 e. The van der Waals surface area contributed by atoms with Crippen molar-refractivity contribution in [2.75, 3.05) is 26.7 Å². The van der Waals surface area contributed by atoms with Crippen LogP contribution in [0.5, 0.6) is 0 Å². The minimum Gasteiger partial charge on any atom is -0.457 e. The standard InChI is InChI=1S/C14H23BrNO3/c1-5-16(4,6-2)10-9-11(3)18-14(17)12-7-8-13(15)19-12/h7-8,11H,5-6,9-10H2,1-4H3/q+1/t11-/m1/s1. The Morgan fingerprint density at radius 3 is 2.53 bits per heavy atom. The van der Waals surface area contributed by atoms with Gasteiger partial charge in [-0.15, -0.1) is 0 Å². The van der Waals surface area contributed by atoms with Gasteiger partial charge < -0.3 is 13.6 Å². The minimum atomic E-state index is -0.402. The molecule has 1 atom stereocenters. The monoisotopic (exact) mass is 332 g/mol. The van der Waals surface area contributed by atoms with Crippen LogP contribution in [0.4, 0.5) is 0 Å². The summed E-state index contributed by atoms with van der Waals surface area (Å²) < 4.78 is 12.1. The van der Waals surface area contributed by atoms with Gasteiger partial charge in [0.25, 0.3) is 0 Å². The predicted molar refractivity (Wildman–Crippen MR) is 78.0 cm³/mol. The normalized spacial score (nSPS) is 13.3. The Hall–Kier alpha value is -0.810. The summed E-state index contributed by atoms with van der Waals surface area (Å²) in [5, 5.41) is 0. The van der Waals surface area contributed by atoms with Gasteiger partial charge in [0.05, 0.1) is 26.7 Å². The Kier molecular flexibility index (Phi) is 6.07. The van der Waals surface area contributed by atoms with E-state index in [0.717, 1.165) is 30.5 Å². The molecule has 1 rings (SSSR count). The molecule has 0 aliphatic heterocycles. The largest absolute Gasteiger partial charge is 0.457 e. The molecule has 5 heteroatoms. The molecule has 0 saturated heterocycles. The van der Waals surface area contributed by atoms with E-state index in [1.54, 1.807) is 12.1 Å². The number of hydrogen-bond acceptors (Lipinski definition) is 3. The molecule has 0 saturated carbocycles. The summed E-state index contributed by atoms with van der Waals surface area (Å²) in [5.74, 6) is -0.164. The van der Waals surface area contributed by atoms with Gasteiger partial charge in [-0.1, -0.05) is 0 Å². The highest BCUT2D eigenvalue weighted by Gasteiger charge is 2.20. The van der Waals surface area contributed by atoms with Crippen LogP contribution in [0, 0.1) is 0 Å². The van der Waals surface area contributed by atoms with Crippen LogP contribution in [0.1, 0.15) is 37.7 Å². The summed E-state index contributed by atoms with van der Waals surface area (Å²) in [7, 11) is 2.22. The maximum Gasteiger partial charge on any atom is 0.374 e. The van der Waals surface area contributed by atoms with Gasteiger partial charge in [0.1, 0.15) is 6.10 Å². The summed E-state index contributed by atoms with van der Waals surface area (Å²) in [6.07, 6.45) is 0.748. The van der Waals surface area contributed by atoms with Crippen LogP contribution in [0.15, 0.2) is 21.2 Å². The van der Waals surface area contributed by atoms with Gasteiger partial charge in [0, 0.05) is 6.42 Å². The highest BCUT2D eigenvalue weighted by Crippen LogP contribution is 2.16. The molecular formula is C14H23BrNO3+. The molecule has 0 spiro atoms. The second kappa shape index (κ2) is 7.10. The molecule has 0 fully saturated rings.